The average molecular weight is 354 g/mol. The molecule has 0 bridgehead atoms. The number of pyridine rings is 1. The molecule has 0 unspecified atom stereocenters. The number of hydrogen-bond donors (Lipinski definition) is 0. The average Bonchev–Trinajstić information content (AvgIpc) is 2.81. The van der Waals surface area contributed by atoms with Crippen molar-refractivity contribution >= 4 is 12.4 Å². The third-order valence-electron chi connectivity index (χ3n) is 3.28. The maximum absolute atomic E-state index is 12.7. The van der Waals surface area contributed by atoms with Gasteiger partial charge in [0, 0.05) is 6.20 Å². The van der Waals surface area contributed by atoms with Crippen molar-refractivity contribution in [3.63, 3.8) is 0 Å². The number of alkyl halides is 3. The van der Waals surface area contributed by atoms with E-state index >= 15 is 0 Å². The first-order valence-corrected chi connectivity index (χ1v) is 7.38. The van der Waals surface area contributed by atoms with Gasteiger partial charge >= 0.3 is 12.3 Å². The number of hydrogen-bond acceptors (Lipinski definition) is 4. The van der Waals surface area contributed by atoms with Crippen LogP contribution in [0.1, 0.15) is 42.4 Å². The minimum Gasteiger partial charge on any atom is -0.443 e. The largest absolute Gasteiger partial charge is 0.443 e. The van der Waals surface area contributed by atoms with Crippen LogP contribution in [0.4, 0.5) is 18.0 Å². The molecule has 0 saturated heterocycles. The first-order chi connectivity index (χ1) is 11.4. The molecule has 0 aromatic carbocycles. The van der Waals surface area contributed by atoms with Crippen LogP contribution in [0.3, 0.4) is 0 Å². The van der Waals surface area contributed by atoms with E-state index in [-0.39, 0.29) is 17.1 Å². The molecule has 8 heteroatoms. The highest BCUT2D eigenvalue weighted by atomic mass is 19.4. The van der Waals surface area contributed by atoms with Crippen molar-refractivity contribution in [1.29, 1.82) is 0 Å². The first-order valence-electron chi connectivity index (χ1n) is 7.38. The van der Waals surface area contributed by atoms with Gasteiger partial charge in [-0.05, 0) is 51.5 Å². The molecule has 0 fully saturated rings. The molecule has 0 atom stereocenters. The summed E-state index contributed by atoms with van der Waals surface area (Å²) in [6.45, 7) is 6.60. The smallest absolute Gasteiger partial charge is 0.419 e. The maximum Gasteiger partial charge on any atom is 0.419 e. The Labute approximate surface area is 142 Å². The molecule has 2 heterocycles. The first kappa shape index (κ1) is 18.7. The van der Waals surface area contributed by atoms with E-state index < -0.39 is 23.4 Å². The number of carbonyl (C=O) groups is 2. The number of aldehydes is 1. The van der Waals surface area contributed by atoms with Gasteiger partial charge in [-0.15, -0.1) is 0 Å². The Kier molecular flexibility index (Phi) is 4.74. The Morgan fingerprint density at radius 2 is 1.88 bits per heavy atom. The van der Waals surface area contributed by atoms with Crippen molar-refractivity contribution in [1.82, 2.24) is 9.55 Å². The second-order valence-electron chi connectivity index (χ2n) is 6.46. The molecule has 0 radical (unpaired) electrons. The molecule has 0 spiro atoms. The SMILES string of the molecule is Cc1cc(-c2ccc(C(F)(F)F)cn2)n(C(=O)OC(C)(C)C)c1C=O. The van der Waals surface area contributed by atoms with Gasteiger partial charge < -0.3 is 4.74 Å². The lowest BCUT2D eigenvalue weighted by atomic mass is 10.2. The fraction of sp³-hybridized carbons (Fsp3) is 0.353. The van der Waals surface area contributed by atoms with Crippen molar-refractivity contribution in [2.75, 3.05) is 0 Å². The molecule has 0 aliphatic heterocycles. The second kappa shape index (κ2) is 6.34. The van der Waals surface area contributed by atoms with Crippen molar-refractivity contribution in [3.05, 3.63) is 41.2 Å². The summed E-state index contributed by atoms with van der Waals surface area (Å²) in [7, 11) is 0. The summed E-state index contributed by atoms with van der Waals surface area (Å²) in [5, 5.41) is 0. The van der Waals surface area contributed by atoms with Crippen LogP contribution in [0.15, 0.2) is 24.4 Å². The Hall–Kier alpha value is -2.64. The Morgan fingerprint density at radius 3 is 2.32 bits per heavy atom. The molecule has 0 aliphatic rings. The molecule has 2 rings (SSSR count). The van der Waals surface area contributed by atoms with Gasteiger partial charge in [-0.2, -0.15) is 13.2 Å². The zero-order valence-electron chi connectivity index (χ0n) is 14.1. The summed E-state index contributed by atoms with van der Waals surface area (Å²) < 4.78 is 44.3. The summed E-state index contributed by atoms with van der Waals surface area (Å²) in [6, 6.07) is 3.51. The van der Waals surface area contributed by atoms with Gasteiger partial charge in [0.05, 0.1) is 22.6 Å². The second-order valence-corrected chi connectivity index (χ2v) is 6.46. The van der Waals surface area contributed by atoms with Crippen molar-refractivity contribution in [2.45, 2.75) is 39.5 Å². The van der Waals surface area contributed by atoms with Crippen molar-refractivity contribution < 1.29 is 27.5 Å². The van der Waals surface area contributed by atoms with Crippen LogP contribution in [-0.2, 0) is 10.9 Å². The quantitative estimate of drug-likeness (QED) is 0.747. The summed E-state index contributed by atoms with van der Waals surface area (Å²) in [5.74, 6) is 0. The van der Waals surface area contributed by atoms with E-state index in [2.05, 4.69) is 4.98 Å². The van der Waals surface area contributed by atoms with E-state index in [4.69, 9.17) is 4.74 Å². The molecule has 2 aromatic rings. The van der Waals surface area contributed by atoms with E-state index in [0.29, 0.717) is 18.0 Å². The summed E-state index contributed by atoms with van der Waals surface area (Å²) in [4.78, 5) is 27.6. The highest BCUT2D eigenvalue weighted by molar-refractivity contribution is 5.89. The van der Waals surface area contributed by atoms with Gasteiger partial charge in [-0.3, -0.25) is 9.78 Å². The molecule has 0 amide bonds. The highest BCUT2D eigenvalue weighted by Crippen LogP contribution is 2.31. The number of nitrogens with zero attached hydrogens (tertiary/aromatic N) is 2. The van der Waals surface area contributed by atoms with E-state index in [1.165, 1.54) is 6.07 Å². The maximum atomic E-state index is 12.7. The van der Waals surface area contributed by atoms with E-state index in [1.54, 1.807) is 27.7 Å². The normalized spacial score (nSPS) is 12.1. The highest BCUT2D eigenvalue weighted by Gasteiger charge is 2.31. The van der Waals surface area contributed by atoms with Gasteiger partial charge in [-0.25, -0.2) is 9.36 Å². The number of aromatic nitrogens is 2. The minimum absolute atomic E-state index is 0.0611. The molecule has 0 aliphatic carbocycles. The van der Waals surface area contributed by atoms with E-state index in [9.17, 15) is 22.8 Å². The Bertz CT molecular complexity index is 800. The fourth-order valence-electron chi connectivity index (χ4n) is 2.20. The molecule has 2 aromatic heterocycles. The lowest BCUT2D eigenvalue weighted by molar-refractivity contribution is -0.137. The third-order valence-corrected chi connectivity index (χ3v) is 3.28. The van der Waals surface area contributed by atoms with Crippen LogP contribution in [0, 0.1) is 6.92 Å². The van der Waals surface area contributed by atoms with Crippen LogP contribution >= 0.6 is 0 Å². The Morgan fingerprint density at radius 1 is 1.24 bits per heavy atom. The van der Waals surface area contributed by atoms with Gasteiger partial charge in [0.15, 0.2) is 6.29 Å². The van der Waals surface area contributed by atoms with E-state index in [1.807, 2.05) is 0 Å². The number of rotatable bonds is 2. The molecule has 25 heavy (non-hydrogen) atoms. The standard InChI is InChI=1S/C17H17F3N2O3/c1-10-7-13(12-6-5-11(8-21-12)17(18,19)20)22(14(10)9-23)15(24)25-16(2,3)4/h5-9H,1-4H3. The monoisotopic (exact) mass is 354 g/mol. The predicted molar refractivity (Wildman–Crippen MR) is 84.4 cm³/mol. The van der Waals surface area contributed by atoms with Crippen LogP contribution in [0.5, 0.6) is 0 Å². The van der Waals surface area contributed by atoms with Crippen LogP contribution in [0.25, 0.3) is 11.4 Å². The molecule has 134 valence electrons. The fourth-order valence-corrected chi connectivity index (χ4v) is 2.20. The van der Waals surface area contributed by atoms with Crippen molar-refractivity contribution in [2.24, 2.45) is 0 Å². The van der Waals surface area contributed by atoms with Gasteiger partial charge in [-0.1, -0.05) is 0 Å². The number of halogens is 3. The van der Waals surface area contributed by atoms with Gasteiger partial charge in [0.1, 0.15) is 5.60 Å². The predicted octanol–water partition coefficient (Wildman–Crippen LogP) is 4.47. The minimum atomic E-state index is -4.51. The molecular formula is C17H17F3N2O3. The molecule has 5 nitrogen and oxygen atoms in total. The number of carbonyl (C=O) groups excluding carboxylic acids is 2. The van der Waals surface area contributed by atoms with Gasteiger partial charge in [0.2, 0.25) is 0 Å². The number of aryl methyl sites for hydroxylation is 1. The third kappa shape index (κ3) is 4.07. The van der Waals surface area contributed by atoms with Crippen molar-refractivity contribution in [3.8, 4) is 11.4 Å². The lowest BCUT2D eigenvalue weighted by Crippen LogP contribution is -2.28. The van der Waals surface area contributed by atoms with Gasteiger partial charge in [0.25, 0.3) is 0 Å². The van der Waals surface area contributed by atoms with Crippen LogP contribution < -0.4 is 0 Å². The molecule has 0 N–H and O–H groups in total. The summed E-state index contributed by atoms with van der Waals surface area (Å²) >= 11 is 0. The van der Waals surface area contributed by atoms with Crippen LogP contribution in [-0.4, -0.2) is 27.5 Å². The lowest BCUT2D eigenvalue weighted by Gasteiger charge is -2.21. The summed E-state index contributed by atoms with van der Waals surface area (Å²) in [5.41, 5.74) is -0.861. The zero-order chi connectivity index (χ0) is 19.0. The van der Waals surface area contributed by atoms with E-state index in [0.717, 1.165) is 16.7 Å². The summed E-state index contributed by atoms with van der Waals surface area (Å²) in [6.07, 6.45) is -4.15. The number of ether oxygens (including phenoxy) is 1. The topological polar surface area (TPSA) is 61.2 Å². The molecule has 0 saturated carbocycles. The zero-order valence-corrected chi connectivity index (χ0v) is 14.1. The van der Waals surface area contributed by atoms with Crippen LogP contribution in [0.2, 0.25) is 0 Å². The Balaban J connectivity index is 2.55. The molecular weight excluding hydrogens is 337 g/mol.